The van der Waals surface area contributed by atoms with Crippen LogP contribution in [0, 0.1) is 0 Å². The van der Waals surface area contributed by atoms with E-state index in [4.69, 9.17) is 17.3 Å². The molecule has 0 saturated heterocycles. The summed E-state index contributed by atoms with van der Waals surface area (Å²) in [4.78, 5) is 19.1. The highest BCUT2D eigenvalue weighted by atomic mass is 16.2. The van der Waals surface area contributed by atoms with Gasteiger partial charge in [0.25, 0.3) is 5.91 Å². The number of rotatable bonds is 2. The van der Waals surface area contributed by atoms with Gasteiger partial charge in [-0.05, 0) is 12.1 Å². The largest absolute Gasteiger partial charge is 0.384 e. The molecule has 1 heterocycles. The molecule has 1 amide bonds. The van der Waals surface area contributed by atoms with Crippen LogP contribution >= 0.6 is 0 Å². The fourth-order valence-electron chi connectivity index (χ4n) is 1.51. The van der Waals surface area contributed by atoms with Gasteiger partial charge in [0.1, 0.15) is 5.82 Å². The molecule has 0 unspecified atom stereocenters. The molecular weight excluding hydrogens is 232 g/mol. The predicted octanol–water partition coefficient (Wildman–Crippen LogP) is -0.0885. The zero-order chi connectivity index (χ0) is 13.1. The summed E-state index contributed by atoms with van der Waals surface area (Å²) in [5, 5.41) is 0. The Kier molecular flexibility index (Phi) is 3.07. The van der Waals surface area contributed by atoms with Crippen LogP contribution in [0.25, 0.3) is 11.3 Å². The lowest BCUT2D eigenvalue weighted by atomic mass is 10.1. The van der Waals surface area contributed by atoms with Gasteiger partial charge in [-0.1, -0.05) is 12.1 Å². The summed E-state index contributed by atoms with van der Waals surface area (Å²) in [5.74, 6) is 5.08. The highest BCUT2D eigenvalue weighted by molar-refractivity contribution is 5.94. The minimum atomic E-state index is -0.358. The van der Waals surface area contributed by atoms with Crippen LogP contribution in [0.15, 0.2) is 30.3 Å². The number of nitrogens with two attached hydrogens (primary N) is 3. The average molecular weight is 244 g/mol. The summed E-state index contributed by atoms with van der Waals surface area (Å²) in [6, 6.07) is 8.32. The maximum atomic E-state index is 11.3. The molecule has 0 radical (unpaired) electrons. The standard InChI is InChI=1S/C11H12N6O/c12-9-5-8(15-11(13)16-9)6-1-3-7(4-2-6)10(18)17-14/h1-5H,14H2,(H,17,18)(H4,12,13,15,16). The number of amides is 1. The van der Waals surface area contributed by atoms with E-state index in [-0.39, 0.29) is 11.9 Å². The van der Waals surface area contributed by atoms with Gasteiger partial charge in [0.15, 0.2) is 0 Å². The van der Waals surface area contributed by atoms with Gasteiger partial charge in [-0.2, -0.15) is 4.98 Å². The maximum absolute atomic E-state index is 11.3. The first-order valence-electron chi connectivity index (χ1n) is 5.11. The SMILES string of the molecule is NNC(=O)c1ccc(-c2cc(N)nc(N)n2)cc1. The number of nitrogens with zero attached hydrogens (tertiary/aromatic N) is 2. The number of carbonyl (C=O) groups is 1. The fourth-order valence-corrected chi connectivity index (χ4v) is 1.51. The number of nitrogens with one attached hydrogen (secondary N) is 1. The Morgan fingerprint density at radius 1 is 1.11 bits per heavy atom. The Morgan fingerprint density at radius 2 is 1.78 bits per heavy atom. The summed E-state index contributed by atoms with van der Waals surface area (Å²) < 4.78 is 0. The van der Waals surface area contributed by atoms with E-state index in [1.165, 1.54) is 0 Å². The van der Waals surface area contributed by atoms with Crippen molar-refractivity contribution in [1.29, 1.82) is 0 Å². The lowest BCUT2D eigenvalue weighted by Gasteiger charge is -2.04. The molecule has 0 aliphatic rings. The van der Waals surface area contributed by atoms with Crippen LogP contribution in [0.2, 0.25) is 0 Å². The molecule has 0 fully saturated rings. The van der Waals surface area contributed by atoms with E-state index in [0.29, 0.717) is 17.1 Å². The molecule has 0 atom stereocenters. The number of hydrazine groups is 1. The molecule has 7 nitrogen and oxygen atoms in total. The molecule has 7 heteroatoms. The first kappa shape index (κ1) is 11.8. The lowest BCUT2D eigenvalue weighted by molar-refractivity contribution is 0.0953. The van der Waals surface area contributed by atoms with E-state index in [0.717, 1.165) is 5.56 Å². The van der Waals surface area contributed by atoms with Crippen molar-refractivity contribution >= 4 is 17.7 Å². The van der Waals surface area contributed by atoms with Gasteiger partial charge in [0.05, 0.1) is 5.69 Å². The summed E-state index contributed by atoms with van der Waals surface area (Å²) in [5.41, 5.74) is 15.0. The molecule has 0 bridgehead atoms. The Labute approximate surface area is 103 Å². The van der Waals surface area contributed by atoms with Crippen LogP contribution in [0.1, 0.15) is 10.4 Å². The van der Waals surface area contributed by atoms with E-state index < -0.39 is 0 Å². The second kappa shape index (κ2) is 4.68. The summed E-state index contributed by atoms with van der Waals surface area (Å²) in [6.45, 7) is 0. The summed E-state index contributed by atoms with van der Waals surface area (Å²) in [7, 11) is 0. The predicted molar refractivity (Wildman–Crippen MR) is 67.9 cm³/mol. The van der Waals surface area contributed by atoms with E-state index in [2.05, 4.69) is 15.4 Å². The molecule has 0 spiro atoms. The third kappa shape index (κ3) is 2.36. The molecule has 0 aliphatic carbocycles. The van der Waals surface area contributed by atoms with Crippen LogP contribution in [-0.4, -0.2) is 15.9 Å². The monoisotopic (exact) mass is 244 g/mol. The molecule has 2 rings (SSSR count). The Hall–Kier alpha value is -2.67. The summed E-state index contributed by atoms with van der Waals surface area (Å²) >= 11 is 0. The third-order valence-electron chi connectivity index (χ3n) is 2.34. The molecule has 0 saturated carbocycles. The average Bonchev–Trinajstić information content (AvgIpc) is 2.37. The number of carbonyl (C=O) groups excluding carboxylic acids is 1. The van der Waals surface area contributed by atoms with Gasteiger partial charge < -0.3 is 11.5 Å². The Balaban J connectivity index is 2.37. The van der Waals surface area contributed by atoms with Crippen LogP contribution < -0.4 is 22.7 Å². The number of benzene rings is 1. The van der Waals surface area contributed by atoms with Crippen molar-refractivity contribution in [2.24, 2.45) is 5.84 Å². The number of hydrogen-bond acceptors (Lipinski definition) is 6. The minimum absolute atomic E-state index is 0.105. The van der Waals surface area contributed by atoms with Gasteiger partial charge >= 0.3 is 0 Å². The van der Waals surface area contributed by atoms with Gasteiger partial charge in [-0.15, -0.1) is 0 Å². The second-order valence-corrected chi connectivity index (χ2v) is 3.59. The van der Waals surface area contributed by atoms with E-state index in [1.807, 2.05) is 0 Å². The number of aromatic nitrogens is 2. The van der Waals surface area contributed by atoms with Crippen LogP contribution in [0.3, 0.4) is 0 Å². The van der Waals surface area contributed by atoms with Crippen molar-refractivity contribution in [3.05, 3.63) is 35.9 Å². The zero-order valence-electron chi connectivity index (χ0n) is 9.42. The topological polar surface area (TPSA) is 133 Å². The highest BCUT2D eigenvalue weighted by Crippen LogP contribution is 2.19. The minimum Gasteiger partial charge on any atom is -0.384 e. The first-order chi connectivity index (χ1) is 8.60. The molecule has 18 heavy (non-hydrogen) atoms. The molecule has 7 N–H and O–H groups in total. The second-order valence-electron chi connectivity index (χ2n) is 3.59. The van der Waals surface area contributed by atoms with Crippen molar-refractivity contribution < 1.29 is 4.79 Å². The third-order valence-corrected chi connectivity index (χ3v) is 2.34. The first-order valence-corrected chi connectivity index (χ1v) is 5.11. The van der Waals surface area contributed by atoms with Crippen molar-refractivity contribution in [3.63, 3.8) is 0 Å². The van der Waals surface area contributed by atoms with Crippen LogP contribution in [-0.2, 0) is 0 Å². The number of anilines is 2. The molecule has 1 aromatic carbocycles. The Bertz CT molecular complexity index is 560. The van der Waals surface area contributed by atoms with Gasteiger partial charge in [0.2, 0.25) is 5.95 Å². The molecule has 0 aliphatic heterocycles. The highest BCUT2D eigenvalue weighted by Gasteiger charge is 2.06. The van der Waals surface area contributed by atoms with Crippen molar-refractivity contribution in [2.75, 3.05) is 11.5 Å². The zero-order valence-corrected chi connectivity index (χ0v) is 9.42. The number of hydrogen-bond donors (Lipinski definition) is 4. The van der Waals surface area contributed by atoms with Crippen LogP contribution in [0.4, 0.5) is 11.8 Å². The van der Waals surface area contributed by atoms with Crippen molar-refractivity contribution in [1.82, 2.24) is 15.4 Å². The fraction of sp³-hybridized carbons (Fsp3) is 0. The molecule has 92 valence electrons. The quantitative estimate of drug-likeness (QED) is 0.331. The maximum Gasteiger partial charge on any atom is 0.265 e. The number of nitrogen functional groups attached to an aromatic ring is 3. The lowest BCUT2D eigenvalue weighted by Crippen LogP contribution is -2.29. The van der Waals surface area contributed by atoms with Gasteiger partial charge in [-0.3, -0.25) is 10.2 Å². The van der Waals surface area contributed by atoms with E-state index >= 15 is 0 Å². The Morgan fingerprint density at radius 3 is 2.33 bits per heavy atom. The van der Waals surface area contributed by atoms with Crippen LogP contribution in [0.5, 0.6) is 0 Å². The smallest absolute Gasteiger partial charge is 0.265 e. The summed E-state index contributed by atoms with van der Waals surface area (Å²) in [6.07, 6.45) is 0. The van der Waals surface area contributed by atoms with Gasteiger partial charge in [-0.25, -0.2) is 10.8 Å². The molecular formula is C11H12N6O. The van der Waals surface area contributed by atoms with Gasteiger partial charge in [0, 0.05) is 17.2 Å². The normalized spacial score (nSPS) is 10.1. The van der Waals surface area contributed by atoms with E-state index in [1.54, 1.807) is 30.3 Å². The van der Waals surface area contributed by atoms with E-state index in [9.17, 15) is 4.79 Å². The molecule has 2 aromatic rings. The van der Waals surface area contributed by atoms with Crippen molar-refractivity contribution in [3.8, 4) is 11.3 Å². The van der Waals surface area contributed by atoms with Crippen molar-refractivity contribution in [2.45, 2.75) is 0 Å². The molecule has 1 aromatic heterocycles.